The highest BCUT2D eigenvalue weighted by atomic mass is 19.1. The SMILES string of the molecule is CC(=O)N1CC=C(c2c(F)cc(-n3cc(CN)nn3)cc2F)CC1. The average molecular weight is 333 g/mol. The van der Waals surface area contributed by atoms with E-state index in [9.17, 15) is 13.6 Å². The number of halogens is 2. The van der Waals surface area contributed by atoms with Crippen molar-refractivity contribution in [2.45, 2.75) is 19.9 Å². The van der Waals surface area contributed by atoms with Gasteiger partial charge in [0, 0.05) is 44.3 Å². The minimum Gasteiger partial charge on any atom is -0.339 e. The molecule has 1 aliphatic heterocycles. The minimum absolute atomic E-state index is 0.0523. The lowest BCUT2D eigenvalue weighted by molar-refractivity contribution is -0.128. The number of benzene rings is 1. The molecule has 1 amide bonds. The van der Waals surface area contributed by atoms with Crippen molar-refractivity contribution in [3.05, 3.63) is 47.3 Å². The van der Waals surface area contributed by atoms with Gasteiger partial charge in [-0.25, -0.2) is 13.5 Å². The summed E-state index contributed by atoms with van der Waals surface area (Å²) in [6.07, 6.45) is 3.62. The molecule has 2 aromatic rings. The van der Waals surface area contributed by atoms with Crippen LogP contribution in [0.15, 0.2) is 24.4 Å². The highest BCUT2D eigenvalue weighted by molar-refractivity contribution is 5.76. The van der Waals surface area contributed by atoms with Gasteiger partial charge >= 0.3 is 0 Å². The van der Waals surface area contributed by atoms with E-state index in [1.54, 1.807) is 11.0 Å². The van der Waals surface area contributed by atoms with Crippen LogP contribution in [0, 0.1) is 11.6 Å². The molecule has 1 aromatic carbocycles. The maximum Gasteiger partial charge on any atom is 0.219 e. The predicted octanol–water partition coefficient (Wildman–Crippen LogP) is 1.64. The van der Waals surface area contributed by atoms with E-state index >= 15 is 0 Å². The third-order valence-electron chi connectivity index (χ3n) is 4.02. The highest BCUT2D eigenvalue weighted by Crippen LogP contribution is 2.29. The third-order valence-corrected chi connectivity index (χ3v) is 4.02. The van der Waals surface area contributed by atoms with E-state index in [2.05, 4.69) is 10.3 Å². The molecule has 0 bridgehead atoms. The summed E-state index contributed by atoms with van der Waals surface area (Å²) in [7, 11) is 0. The van der Waals surface area contributed by atoms with Crippen molar-refractivity contribution in [1.82, 2.24) is 19.9 Å². The Morgan fingerprint density at radius 1 is 1.33 bits per heavy atom. The molecule has 0 spiro atoms. The summed E-state index contributed by atoms with van der Waals surface area (Å²) in [5.74, 6) is -1.39. The number of aromatic nitrogens is 3. The Balaban J connectivity index is 1.92. The molecular formula is C16H17F2N5O. The first kappa shape index (κ1) is 16.3. The zero-order valence-electron chi connectivity index (χ0n) is 13.2. The Bertz CT molecular complexity index is 792. The predicted molar refractivity (Wildman–Crippen MR) is 84.0 cm³/mol. The van der Waals surface area contributed by atoms with Crippen molar-refractivity contribution in [2.75, 3.05) is 13.1 Å². The van der Waals surface area contributed by atoms with Crippen molar-refractivity contribution in [1.29, 1.82) is 0 Å². The van der Waals surface area contributed by atoms with E-state index in [4.69, 9.17) is 5.73 Å². The second kappa shape index (κ2) is 6.48. The molecule has 0 saturated carbocycles. The van der Waals surface area contributed by atoms with Gasteiger partial charge in [0.2, 0.25) is 5.91 Å². The molecule has 0 aliphatic carbocycles. The number of carbonyl (C=O) groups excluding carboxylic acids is 1. The Morgan fingerprint density at radius 2 is 2.04 bits per heavy atom. The molecule has 1 aromatic heterocycles. The van der Waals surface area contributed by atoms with Crippen molar-refractivity contribution in [2.24, 2.45) is 5.73 Å². The summed E-state index contributed by atoms with van der Waals surface area (Å²) in [5, 5.41) is 7.61. The maximum atomic E-state index is 14.5. The number of rotatable bonds is 3. The van der Waals surface area contributed by atoms with E-state index in [0.717, 1.165) is 0 Å². The molecule has 6 nitrogen and oxygen atoms in total. The molecule has 8 heteroatoms. The third kappa shape index (κ3) is 3.05. The molecule has 1 aliphatic rings. The van der Waals surface area contributed by atoms with Crippen LogP contribution >= 0.6 is 0 Å². The molecule has 24 heavy (non-hydrogen) atoms. The summed E-state index contributed by atoms with van der Waals surface area (Å²) in [6.45, 7) is 2.48. The fourth-order valence-corrected chi connectivity index (χ4v) is 2.70. The van der Waals surface area contributed by atoms with Crippen molar-refractivity contribution in [3.8, 4) is 5.69 Å². The number of nitrogens with two attached hydrogens (primary N) is 1. The van der Waals surface area contributed by atoms with Crippen molar-refractivity contribution in [3.63, 3.8) is 0 Å². The lowest BCUT2D eigenvalue weighted by atomic mass is 9.98. The first-order chi connectivity index (χ1) is 11.5. The van der Waals surface area contributed by atoms with Gasteiger partial charge in [0.05, 0.1) is 17.6 Å². The fourth-order valence-electron chi connectivity index (χ4n) is 2.70. The standard InChI is InChI=1S/C16H17F2N5O/c1-10(24)22-4-2-11(3-5-22)16-14(17)6-13(7-15(16)18)23-9-12(8-19)20-21-23/h2,6-7,9H,3-5,8,19H2,1H3. The molecule has 0 unspecified atom stereocenters. The van der Waals surface area contributed by atoms with Crippen LogP contribution in [-0.2, 0) is 11.3 Å². The largest absolute Gasteiger partial charge is 0.339 e. The summed E-state index contributed by atoms with van der Waals surface area (Å²) in [5.41, 5.74) is 6.73. The average Bonchev–Trinajstić information content (AvgIpc) is 3.04. The summed E-state index contributed by atoms with van der Waals surface area (Å²) < 4.78 is 30.2. The van der Waals surface area contributed by atoms with E-state index in [0.29, 0.717) is 30.8 Å². The van der Waals surface area contributed by atoms with Gasteiger partial charge in [0.25, 0.3) is 0 Å². The van der Waals surface area contributed by atoms with Gasteiger partial charge < -0.3 is 10.6 Å². The van der Waals surface area contributed by atoms with Crippen LogP contribution in [0.3, 0.4) is 0 Å². The van der Waals surface area contributed by atoms with Crippen LogP contribution in [-0.4, -0.2) is 38.9 Å². The van der Waals surface area contributed by atoms with E-state index in [-0.39, 0.29) is 23.7 Å². The van der Waals surface area contributed by atoms with Crippen LogP contribution in [0.2, 0.25) is 0 Å². The molecule has 0 fully saturated rings. The van der Waals surface area contributed by atoms with Gasteiger partial charge in [0.1, 0.15) is 11.6 Å². The molecule has 126 valence electrons. The second-order valence-corrected chi connectivity index (χ2v) is 5.59. The van der Waals surface area contributed by atoms with Crippen molar-refractivity contribution >= 4 is 11.5 Å². The Labute approximate surface area is 137 Å². The van der Waals surface area contributed by atoms with Crippen LogP contribution in [0.5, 0.6) is 0 Å². The molecule has 2 heterocycles. The molecule has 0 saturated heterocycles. The zero-order valence-corrected chi connectivity index (χ0v) is 13.2. The number of hydrogen-bond acceptors (Lipinski definition) is 4. The van der Waals surface area contributed by atoms with Crippen LogP contribution in [0.25, 0.3) is 11.3 Å². The molecule has 3 rings (SSSR count). The smallest absolute Gasteiger partial charge is 0.219 e. The lowest BCUT2D eigenvalue weighted by Gasteiger charge is -2.25. The Morgan fingerprint density at radius 3 is 2.54 bits per heavy atom. The van der Waals surface area contributed by atoms with Gasteiger partial charge in [-0.2, -0.15) is 0 Å². The normalized spacial score (nSPS) is 14.7. The molecular weight excluding hydrogens is 316 g/mol. The van der Waals surface area contributed by atoms with Gasteiger partial charge in [-0.05, 0) is 12.0 Å². The minimum atomic E-state index is -0.669. The lowest BCUT2D eigenvalue weighted by Crippen LogP contribution is -2.32. The molecule has 0 atom stereocenters. The monoisotopic (exact) mass is 333 g/mol. The van der Waals surface area contributed by atoms with Gasteiger partial charge in [-0.1, -0.05) is 11.3 Å². The molecule has 0 radical (unpaired) electrons. The topological polar surface area (TPSA) is 77.0 Å². The Kier molecular flexibility index (Phi) is 4.39. The number of hydrogen-bond donors (Lipinski definition) is 1. The zero-order chi connectivity index (χ0) is 17.3. The fraction of sp³-hybridized carbons (Fsp3) is 0.312. The van der Waals surface area contributed by atoms with Crippen molar-refractivity contribution < 1.29 is 13.6 Å². The van der Waals surface area contributed by atoms with Crippen LogP contribution in [0.1, 0.15) is 24.6 Å². The van der Waals surface area contributed by atoms with Gasteiger partial charge in [0.15, 0.2) is 0 Å². The van der Waals surface area contributed by atoms with E-state index < -0.39 is 11.6 Å². The van der Waals surface area contributed by atoms with Crippen LogP contribution in [0.4, 0.5) is 8.78 Å². The summed E-state index contributed by atoms with van der Waals surface area (Å²) in [6, 6.07) is 2.43. The van der Waals surface area contributed by atoms with E-state index in [1.165, 1.54) is 29.9 Å². The summed E-state index contributed by atoms with van der Waals surface area (Å²) in [4.78, 5) is 13.0. The second-order valence-electron chi connectivity index (χ2n) is 5.59. The first-order valence-corrected chi connectivity index (χ1v) is 7.55. The first-order valence-electron chi connectivity index (χ1n) is 7.55. The number of nitrogens with zero attached hydrogens (tertiary/aromatic N) is 4. The Hall–Kier alpha value is -2.61. The number of amides is 1. The van der Waals surface area contributed by atoms with Crippen LogP contribution < -0.4 is 5.73 Å². The number of carbonyl (C=O) groups is 1. The van der Waals surface area contributed by atoms with Gasteiger partial charge in [-0.15, -0.1) is 5.10 Å². The quantitative estimate of drug-likeness (QED) is 0.926. The highest BCUT2D eigenvalue weighted by Gasteiger charge is 2.21. The van der Waals surface area contributed by atoms with E-state index in [1.807, 2.05) is 0 Å². The molecule has 2 N–H and O–H groups in total. The maximum absolute atomic E-state index is 14.5. The van der Waals surface area contributed by atoms with Gasteiger partial charge in [-0.3, -0.25) is 4.79 Å². The summed E-state index contributed by atoms with van der Waals surface area (Å²) >= 11 is 0.